The molecule has 8 nitrogen and oxygen atoms in total. The molecule has 2 bridgehead atoms. The molecule has 0 aliphatic carbocycles. The molecule has 236 valence electrons. The van der Waals surface area contributed by atoms with E-state index in [2.05, 4.69) is 63.7 Å². The van der Waals surface area contributed by atoms with Crippen LogP contribution in [-0.4, -0.2) is 87.0 Å². The van der Waals surface area contributed by atoms with E-state index in [9.17, 15) is 19.5 Å². The second-order valence-corrected chi connectivity index (χ2v) is 15.2. The van der Waals surface area contributed by atoms with Gasteiger partial charge in [-0.1, -0.05) is 67.1 Å². The minimum absolute atomic E-state index is 0.00678. The quantitative estimate of drug-likeness (QED) is 0.184. The van der Waals surface area contributed by atoms with E-state index in [0.29, 0.717) is 38.0 Å². The average Bonchev–Trinajstić information content (AvgIpc) is 3.52. The number of benzene rings is 1. The molecule has 0 saturated carbocycles. The van der Waals surface area contributed by atoms with Crippen molar-refractivity contribution < 1.29 is 24.2 Å². The van der Waals surface area contributed by atoms with Crippen molar-refractivity contribution in [3.63, 3.8) is 0 Å². The molecule has 43 heavy (non-hydrogen) atoms. The molecule has 1 aromatic rings. The molecule has 3 fully saturated rings. The van der Waals surface area contributed by atoms with Gasteiger partial charge in [0, 0.05) is 42.3 Å². The van der Waals surface area contributed by atoms with Gasteiger partial charge in [-0.2, -0.15) is 0 Å². The number of amides is 3. The molecule has 1 aromatic carbocycles. The van der Waals surface area contributed by atoms with Gasteiger partial charge in [-0.05, 0) is 57.1 Å². The van der Waals surface area contributed by atoms with E-state index >= 15 is 0 Å². The van der Waals surface area contributed by atoms with Crippen LogP contribution in [0.3, 0.4) is 0 Å². The molecule has 0 radical (unpaired) electrons. The number of unbranched alkanes of at least 4 members (excludes halogenated alkanes) is 1. The number of aliphatic hydroxyl groups is 1. The summed E-state index contributed by atoms with van der Waals surface area (Å²) in [7, 11) is 0. The number of aliphatic hydroxyl groups excluding tert-OH is 1. The fraction of sp³-hybridized carbons (Fsp3) is 0.618. The summed E-state index contributed by atoms with van der Waals surface area (Å²) in [6, 6.07) is 8.47. The lowest BCUT2D eigenvalue weighted by Gasteiger charge is -2.45. The molecule has 3 saturated heterocycles. The van der Waals surface area contributed by atoms with E-state index < -0.39 is 35.1 Å². The van der Waals surface area contributed by atoms with Crippen LogP contribution in [0.25, 0.3) is 0 Å². The summed E-state index contributed by atoms with van der Waals surface area (Å²) in [5.74, 6) is -2.18. The monoisotopic (exact) mass is 657 g/mol. The van der Waals surface area contributed by atoms with Crippen molar-refractivity contribution in [2.24, 2.45) is 17.3 Å². The van der Waals surface area contributed by atoms with Crippen molar-refractivity contribution in [1.29, 1.82) is 0 Å². The molecule has 4 rings (SSSR count). The summed E-state index contributed by atoms with van der Waals surface area (Å²) in [6.45, 7) is 19.3. The van der Waals surface area contributed by atoms with Crippen LogP contribution < -0.4 is 4.90 Å². The highest BCUT2D eigenvalue weighted by Crippen LogP contribution is 2.60. The number of halogens is 1. The Balaban J connectivity index is 1.80. The summed E-state index contributed by atoms with van der Waals surface area (Å²) in [5, 5.41) is 9.51. The van der Waals surface area contributed by atoms with Crippen molar-refractivity contribution in [3.8, 4) is 0 Å². The van der Waals surface area contributed by atoms with Crippen LogP contribution in [0.1, 0.15) is 60.3 Å². The highest BCUT2D eigenvalue weighted by Gasteiger charge is 2.77. The maximum absolute atomic E-state index is 14.9. The average molecular weight is 659 g/mol. The van der Waals surface area contributed by atoms with Crippen LogP contribution >= 0.6 is 15.9 Å². The molecule has 1 N–H and O–H groups in total. The minimum Gasteiger partial charge on any atom is -0.396 e. The molecular formula is C34H48BrN3O5. The van der Waals surface area contributed by atoms with Gasteiger partial charge < -0.3 is 24.5 Å². The van der Waals surface area contributed by atoms with Crippen LogP contribution in [0.4, 0.5) is 5.69 Å². The Hall–Kier alpha value is -2.49. The lowest BCUT2D eigenvalue weighted by Crippen LogP contribution is -2.61. The number of hydrogen-bond donors (Lipinski definition) is 1. The summed E-state index contributed by atoms with van der Waals surface area (Å²) in [4.78, 5) is 48.7. The highest BCUT2D eigenvalue weighted by atomic mass is 79.9. The Morgan fingerprint density at radius 2 is 1.74 bits per heavy atom. The topological polar surface area (TPSA) is 90.4 Å². The number of para-hydroxylation sites is 1. The summed E-state index contributed by atoms with van der Waals surface area (Å²) in [5.41, 5.74) is -1.02. The lowest BCUT2D eigenvalue weighted by atomic mass is 9.70. The Kier molecular flexibility index (Phi) is 9.99. The Morgan fingerprint density at radius 1 is 1.09 bits per heavy atom. The normalized spacial score (nSPS) is 28.1. The zero-order valence-corrected chi connectivity index (χ0v) is 27.9. The fourth-order valence-corrected chi connectivity index (χ4v) is 8.81. The van der Waals surface area contributed by atoms with Crippen molar-refractivity contribution in [2.75, 3.05) is 31.1 Å². The molecule has 1 spiro atoms. The van der Waals surface area contributed by atoms with Gasteiger partial charge in [-0.15, -0.1) is 13.2 Å². The van der Waals surface area contributed by atoms with Gasteiger partial charge in [0.1, 0.15) is 11.6 Å². The zero-order chi connectivity index (χ0) is 31.7. The third-order valence-electron chi connectivity index (χ3n) is 9.03. The van der Waals surface area contributed by atoms with E-state index in [4.69, 9.17) is 4.74 Å². The number of carbonyl (C=O) groups is 3. The first-order valence-electron chi connectivity index (χ1n) is 15.4. The fourth-order valence-electron chi connectivity index (χ4n) is 7.87. The van der Waals surface area contributed by atoms with Crippen molar-refractivity contribution >= 4 is 39.3 Å². The van der Waals surface area contributed by atoms with Crippen LogP contribution in [0, 0.1) is 17.3 Å². The first-order chi connectivity index (χ1) is 20.2. The Morgan fingerprint density at radius 3 is 2.33 bits per heavy atom. The summed E-state index contributed by atoms with van der Waals surface area (Å²) in [6.07, 6.45) is 5.07. The van der Waals surface area contributed by atoms with Crippen LogP contribution in [0.5, 0.6) is 0 Å². The molecule has 3 unspecified atom stereocenters. The number of carbonyl (C=O) groups excluding carboxylic acids is 3. The number of alkyl halides is 1. The van der Waals surface area contributed by atoms with Gasteiger partial charge >= 0.3 is 0 Å². The first kappa shape index (κ1) is 33.4. The van der Waals surface area contributed by atoms with E-state index in [1.807, 2.05) is 35.2 Å². The largest absolute Gasteiger partial charge is 0.396 e. The van der Waals surface area contributed by atoms with Gasteiger partial charge in [0.2, 0.25) is 17.7 Å². The van der Waals surface area contributed by atoms with Crippen LogP contribution in [-0.2, 0) is 19.1 Å². The Bertz CT molecular complexity index is 1210. The number of hydrogen-bond acceptors (Lipinski definition) is 5. The zero-order valence-electron chi connectivity index (χ0n) is 26.3. The molecular weight excluding hydrogens is 610 g/mol. The van der Waals surface area contributed by atoms with E-state index in [1.165, 1.54) is 0 Å². The molecule has 6 atom stereocenters. The molecule has 3 heterocycles. The van der Waals surface area contributed by atoms with E-state index in [-0.39, 0.29) is 41.1 Å². The third-order valence-corrected chi connectivity index (χ3v) is 9.88. The van der Waals surface area contributed by atoms with Crippen molar-refractivity contribution in [3.05, 3.63) is 55.6 Å². The van der Waals surface area contributed by atoms with Crippen LogP contribution in [0.2, 0.25) is 0 Å². The lowest BCUT2D eigenvalue weighted by molar-refractivity contribution is -0.152. The number of fused-ring (bicyclic) bond motifs is 1. The summed E-state index contributed by atoms with van der Waals surface area (Å²) >= 11 is 3.79. The van der Waals surface area contributed by atoms with Gasteiger partial charge in [0.05, 0.1) is 17.9 Å². The summed E-state index contributed by atoms with van der Waals surface area (Å²) < 4.78 is 6.77. The van der Waals surface area contributed by atoms with Gasteiger partial charge in [0.15, 0.2) is 0 Å². The maximum atomic E-state index is 14.9. The van der Waals surface area contributed by atoms with Gasteiger partial charge in [-0.25, -0.2) is 0 Å². The van der Waals surface area contributed by atoms with Crippen molar-refractivity contribution in [1.82, 2.24) is 9.80 Å². The van der Waals surface area contributed by atoms with E-state index in [0.717, 1.165) is 6.42 Å². The van der Waals surface area contributed by atoms with E-state index in [1.54, 1.807) is 22.0 Å². The molecule has 9 heteroatoms. The molecule has 0 aromatic heterocycles. The smallest absolute Gasteiger partial charge is 0.249 e. The highest BCUT2D eigenvalue weighted by molar-refractivity contribution is 9.09. The number of nitrogens with zero attached hydrogens (tertiary/aromatic N) is 3. The number of anilines is 1. The SMILES string of the molecule is C=CCN(C(=O)[C@H]1[C@@H]2OC3(CC2Br)C(C(=O)N(CC=C)C(C)(C)CC(C)(C)C)N(CCCCO)C(=O)[C@H]13)c1ccccc1. The minimum atomic E-state index is -1.15. The number of ether oxygens (including phenoxy) is 1. The van der Waals surface area contributed by atoms with Crippen molar-refractivity contribution in [2.45, 2.75) is 88.4 Å². The predicted octanol–water partition coefficient (Wildman–Crippen LogP) is 4.96. The predicted molar refractivity (Wildman–Crippen MR) is 173 cm³/mol. The standard InChI is InChI=1S/C34H48BrN3O5/c1-8-17-36(23-15-11-10-12-16-23)29(40)25-26-30(41)37(19-13-14-20-39)28(34(26)21-24(35)27(25)43-34)31(42)38(18-9-2)33(6,7)22-32(3,4)5/h8-12,15-16,24-28,39H,1-2,13-14,17-22H2,3-7H3/t24?,25-,26+,27-,28?,34?/m1/s1. The Labute approximate surface area is 265 Å². The number of likely N-dealkylation sites (tertiary alicyclic amines) is 1. The molecule has 3 amide bonds. The molecule has 3 aliphatic heterocycles. The maximum Gasteiger partial charge on any atom is 0.249 e. The van der Waals surface area contributed by atoms with Gasteiger partial charge in [0.25, 0.3) is 0 Å². The van der Waals surface area contributed by atoms with Gasteiger partial charge in [-0.3, -0.25) is 14.4 Å². The first-order valence-corrected chi connectivity index (χ1v) is 16.3. The molecule has 3 aliphatic rings. The third kappa shape index (κ3) is 6.22. The second-order valence-electron chi connectivity index (χ2n) is 14.0. The number of rotatable bonds is 13. The second kappa shape index (κ2) is 12.9. The van der Waals surface area contributed by atoms with Crippen LogP contribution in [0.15, 0.2) is 55.6 Å².